The standard InChI is InChI=1S/C18H17N3O6S/c1-9(16(24)21-18-10(15(19)23)6-7-28-18)26-14(22)8-13-17(25)20-11-4-2-3-5-12(11)27-13/h2-7,9,13H,8H2,1H3,(H2,19,23)(H,20,25)(H,21,24)/t9-,13+/m1/s1. The van der Waals surface area contributed by atoms with Crippen molar-refractivity contribution in [1.82, 2.24) is 0 Å². The van der Waals surface area contributed by atoms with E-state index in [4.69, 9.17) is 15.2 Å². The van der Waals surface area contributed by atoms with Crippen LogP contribution < -0.4 is 21.1 Å². The Kier molecular flexibility index (Phi) is 5.59. The molecule has 1 aliphatic rings. The van der Waals surface area contributed by atoms with Gasteiger partial charge in [-0.2, -0.15) is 0 Å². The Morgan fingerprint density at radius 2 is 2.07 bits per heavy atom. The lowest BCUT2D eigenvalue weighted by molar-refractivity contribution is -0.155. The van der Waals surface area contributed by atoms with E-state index in [1.54, 1.807) is 29.6 Å². The number of amides is 3. The van der Waals surface area contributed by atoms with Crippen molar-refractivity contribution in [3.8, 4) is 5.75 Å². The molecule has 3 amide bonds. The Morgan fingerprint density at radius 1 is 1.32 bits per heavy atom. The number of nitrogens with one attached hydrogen (secondary N) is 2. The molecule has 0 saturated carbocycles. The lowest BCUT2D eigenvalue weighted by Gasteiger charge is -2.25. The first kappa shape index (κ1) is 19.4. The molecule has 1 aliphatic heterocycles. The maximum absolute atomic E-state index is 12.2. The van der Waals surface area contributed by atoms with Crippen molar-refractivity contribution < 1.29 is 28.7 Å². The number of carbonyl (C=O) groups excluding carboxylic acids is 4. The highest BCUT2D eigenvalue weighted by atomic mass is 32.1. The molecule has 0 spiro atoms. The Bertz CT molecular complexity index is 941. The minimum absolute atomic E-state index is 0.169. The first-order chi connectivity index (χ1) is 13.3. The van der Waals surface area contributed by atoms with Gasteiger partial charge in [0.2, 0.25) is 0 Å². The van der Waals surface area contributed by atoms with E-state index < -0.39 is 35.9 Å². The number of primary amides is 1. The topological polar surface area (TPSA) is 137 Å². The third-order valence-corrected chi connectivity index (χ3v) is 4.73. The molecule has 0 radical (unpaired) electrons. The van der Waals surface area contributed by atoms with Crippen molar-refractivity contribution in [3.63, 3.8) is 0 Å². The second-order valence-electron chi connectivity index (χ2n) is 5.95. The van der Waals surface area contributed by atoms with Crippen LogP contribution in [0.25, 0.3) is 0 Å². The van der Waals surface area contributed by atoms with E-state index in [1.807, 2.05) is 0 Å². The van der Waals surface area contributed by atoms with Crippen LogP contribution in [-0.2, 0) is 19.1 Å². The van der Waals surface area contributed by atoms with Crippen LogP contribution in [-0.4, -0.2) is 35.9 Å². The van der Waals surface area contributed by atoms with Gasteiger partial charge in [0.1, 0.15) is 10.8 Å². The summed E-state index contributed by atoms with van der Waals surface area (Å²) in [6.07, 6.45) is -2.56. The van der Waals surface area contributed by atoms with Crippen LogP contribution in [0.5, 0.6) is 5.75 Å². The number of nitrogens with two attached hydrogens (primary N) is 1. The van der Waals surface area contributed by atoms with Gasteiger partial charge in [0.15, 0.2) is 12.2 Å². The Hall–Kier alpha value is -3.40. The highest BCUT2D eigenvalue weighted by Gasteiger charge is 2.31. The average Bonchev–Trinajstić information content (AvgIpc) is 3.10. The number of hydrogen-bond acceptors (Lipinski definition) is 7. The number of para-hydroxylation sites is 2. The maximum atomic E-state index is 12.2. The molecule has 4 N–H and O–H groups in total. The van der Waals surface area contributed by atoms with Gasteiger partial charge in [-0.1, -0.05) is 12.1 Å². The lowest BCUT2D eigenvalue weighted by atomic mass is 10.1. The summed E-state index contributed by atoms with van der Waals surface area (Å²) in [6.45, 7) is 1.38. The molecule has 28 heavy (non-hydrogen) atoms. The van der Waals surface area contributed by atoms with Gasteiger partial charge in [0.05, 0.1) is 17.7 Å². The van der Waals surface area contributed by atoms with Gasteiger partial charge >= 0.3 is 5.97 Å². The van der Waals surface area contributed by atoms with Crippen molar-refractivity contribution in [2.24, 2.45) is 5.73 Å². The molecule has 2 heterocycles. The third kappa shape index (κ3) is 4.29. The Labute approximate surface area is 163 Å². The molecule has 0 fully saturated rings. The fraction of sp³-hybridized carbons (Fsp3) is 0.222. The molecule has 3 rings (SSSR count). The van der Waals surface area contributed by atoms with Gasteiger partial charge in [-0.05, 0) is 30.5 Å². The average molecular weight is 403 g/mol. The number of esters is 1. The molecule has 146 valence electrons. The smallest absolute Gasteiger partial charge is 0.310 e. The summed E-state index contributed by atoms with van der Waals surface area (Å²) in [4.78, 5) is 47.7. The Balaban J connectivity index is 1.55. The van der Waals surface area contributed by atoms with Gasteiger partial charge < -0.3 is 25.8 Å². The number of anilines is 2. The molecular formula is C18H17N3O6S. The third-order valence-electron chi connectivity index (χ3n) is 3.90. The monoisotopic (exact) mass is 403 g/mol. The quantitative estimate of drug-likeness (QED) is 0.625. The van der Waals surface area contributed by atoms with Crippen molar-refractivity contribution in [3.05, 3.63) is 41.3 Å². The second-order valence-corrected chi connectivity index (χ2v) is 6.86. The van der Waals surface area contributed by atoms with Crippen LogP contribution in [0.2, 0.25) is 0 Å². The van der Waals surface area contributed by atoms with E-state index in [1.165, 1.54) is 13.0 Å². The summed E-state index contributed by atoms with van der Waals surface area (Å²) in [6, 6.07) is 8.31. The molecular weight excluding hydrogens is 386 g/mol. The summed E-state index contributed by atoms with van der Waals surface area (Å²) in [5.74, 6) is -2.11. The predicted molar refractivity (Wildman–Crippen MR) is 101 cm³/mol. The van der Waals surface area contributed by atoms with E-state index in [-0.39, 0.29) is 17.0 Å². The molecule has 0 bridgehead atoms. The second kappa shape index (κ2) is 8.09. The summed E-state index contributed by atoms with van der Waals surface area (Å²) in [7, 11) is 0. The minimum Gasteiger partial charge on any atom is -0.478 e. The zero-order valence-electron chi connectivity index (χ0n) is 14.8. The van der Waals surface area contributed by atoms with Gasteiger partial charge in [0.25, 0.3) is 17.7 Å². The van der Waals surface area contributed by atoms with Gasteiger partial charge in [0, 0.05) is 0 Å². The summed E-state index contributed by atoms with van der Waals surface area (Å²) in [5, 5.41) is 7.01. The number of carbonyl (C=O) groups is 4. The van der Waals surface area contributed by atoms with E-state index >= 15 is 0 Å². The SMILES string of the molecule is C[C@@H](OC(=O)C[C@@H]1Oc2ccccc2NC1=O)C(=O)Nc1sccc1C(N)=O. The zero-order chi connectivity index (χ0) is 20.3. The van der Waals surface area contributed by atoms with Crippen LogP contribution in [0.1, 0.15) is 23.7 Å². The molecule has 1 aromatic heterocycles. The van der Waals surface area contributed by atoms with Crippen LogP contribution >= 0.6 is 11.3 Å². The fourth-order valence-corrected chi connectivity index (χ4v) is 3.29. The van der Waals surface area contributed by atoms with Crippen molar-refractivity contribution >= 4 is 45.7 Å². The summed E-state index contributed by atoms with van der Waals surface area (Å²) >= 11 is 1.12. The first-order valence-electron chi connectivity index (χ1n) is 8.29. The molecule has 10 heteroatoms. The van der Waals surface area contributed by atoms with Crippen LogP contribution in [0.4, 0.5) is 10.7 Å². The van der Waals surface area contributed by atoms with Gasteiger partial charge in [-0.3, -0.25) is 19.2 Å². The van der Waals surface area contributed by atoms with Gasteiger partial charge in [-0.15, -0.1) is 11.3 Å². The highest BCUT2D eigenvalue weighted by molar-refractivity contribution is 7.14. The molecule has 0 unspecified atom stereocenters. The molecule has 2 atom stereocenters. The predicted octanol–water partition coefficient (Wildman–Crippen LogP) is 1.51. The van der Waals surface area contributed by atoms with E-state index in [0.29, 0.717) is 11.4 Å². The van der Waals surface area contributed by atoms with Crippen molar-refractivity contribution in [2.75, 3.05) is 10.6 Å². The normalized spacial score (nSPS) is 16.2. The maximum Gasteiger partial charge on any atom is 0.310 e. The number of thiophene rings is 1. The molecule has 2 aromatic rings. The molecule has 0 aliphatic carbocycles. The van der Waals surface area contributed by atoms with Crippen molar-refractivity contribution in [1.29, 1.82) is 0 Å². The molecule has 1 aromatic carbocycles. The van der Waals surface area contributed by atoms with E-state index in [2.05, 4.69) is 10.6 Å². The first-order valence-corrected chi connectivity index (χ1v) is 9.17. The number of fused-ring (bicyclic) bond motifs is 1. The number of hydrogen-bond donors (Lipinski definition) is 3. The number of rotatable bonds is 6. The number of benzene rings is 1. The van der Waals surface area contributed by atoms with Gasteiger partial charge in [-0.25, -0.2) is 0 Å². The van der Waals surface area contributed by atoms with Crippen LogP contribution in [0.15, 0.2) is 35.7 Å². The zero-order valence-corrected chi connectivity index (χ0v) is 15.6. The van der Waals surface area contributed by atoms with Crippen LogP contribution in [0.3, 0.4) is 0 Å². The van der Waals surface area contributed by atoms with E-state index in [9.17, 15) is 19.2 Å². The summed E-state index contributed by atoms with van der Waals surface area (Å²) < 4.78 is 10.6. The fourth-order valence-electron chi connectivity index (χ4n) is 2.49. The van der Waals surface area contributed by atoms with Crippen molar-refractivity contribution in [2.45, 2.75) is 25.6 Å². The van der Waals surface area contributed by atoms with E-state index in [0.717, 1.165) is 11.3 Å². The minimum atomic E-state index is -1.14. The largest absolute Gasteiger partial charge is 0.478 e. The highest BCUT2D eigenvalue weighted by Crippen LogP contribution is 2.29. The summed E-state index contributed by atoms with van der Waals surface area (Å²) in [5.41, 5.74) is 5.91. The lowest BCUT2D eigenvalue weighted by Crippen LogP contribution is -2.40. The number of ether oxygens (including phenoxy) is 2. The molecule has 0 saturated heterocycles. The Morgan fingerprint density at radius 3 is 2.82 bits per heavy atom. The van der Waals surface area contributed by atoms with Crippen LogP contribution in [0, 0.1) is 0 Å². The molecule has 9 nitrogen and oxygen atoms in total.